The molecule has 170 valence electrons. The highest BCUT2D eigenvalue weighted by Crippen LogP contribution is 2.24. The zero-order valence-corrected chi connectivity index (χ0v) is 20.8. The maximum absolute atomic E-state index is 6.18. The van der Waals surface area contributed by atoms with Gasteiger partial charge in [0, 0.05) is 38.7 Å². The smallest absolute Gasteiger partial charge is 0.191 e. The highest BCUT2D eigenvalue weighted by Gasteiger charge is 2.19. The number of rotatable bonds is 9. The molecule has 2 fully saturated rings. The summed E-state index contributed by atoms with van der Waals surface area (Å²) >= 11 is 0. The lowest BCUT2D eigenvalue weighted by atomic mass is 9.98. The molecule has 1 aliphatic carbocycles. The van der Waals surface area contributed by atoms with Crippen molar-refractivity contribution in [2.75, 3.05) is 33.4 Å². The van der Waals surface area contributed by atoms with E-state index in [1.807, 2.05) is 0 Å². The predicted octanol–water partition coefficient (Wildman–Crippen LogP) is 4.19. The van der Waals surface area contributed by atoms with E-state index in [4.69, 9.17) is 14.2 Å². The van der Waals surface area contributed by atoms with E-state index in [-0.39, 0.29) is 30.1 Å². The zero-order valence-electron chi connectivity index (χ0n) is 18.5. The average molecular weight is 531 g/mol. The molecule has 1 saturated heterocycles. The summed E-state index contributed by atoms with van der Waals surface area (Å²) in [5, 5.41) is 6.78. The van der Waals surface area contributed by atoms with Crippen LogP contribution in [-0.4, -0.2) is 51.6 Å². The summed E-state index contributed by atoms with van der Waals surface area (Å²) < 4.78 is 17.6. The molecular weight excluding hydrogens is 493 g/mol. The largest absolute Gasteiger partial charge is 0.488 e. The van der Waals surface area contributed by atoms with Gasteiger partial charge in [0.1, 0.15) is 11.9 Å². The third-order valence-corrected chi connectivity index (χ3v) is 5.59. The highest BCUT2D eigenvalue weighted by molar-refractivity contribution is 14.0. The van der Waals surface area contributed by atoms with Crippen LogP contribution in [0.1, 0.15) is 56.1 Å². The van der Waals surface area contributed by atoms with Crippen LogP contribution in [-0.2, 0) is 16.0 Å². The number of halogens is 1. The van der Waals surface area contributed by atoms with Crippen LogP contribution >= 0.6 is 24.0 Å². The monoisotopic (exact) mass is 531 g/mol. The SMILES string of the molecule is CN=C(NCCCOC1CCCCC1)NCc1ccc(C)cc1OC1CCOC1.I. The highest BCUT2D eigenvalue weighted by atomic mass is 127. The van der Waals surface area contributed by atoms with E-state index in [1.54, 1.807) is 7.05 Å². The van der Waals surface area contributed by atoms with E-state index in [1.165, 1.54) is 37.7 Å². The number of aryl methyl sites for hydroxylation is 1. The molecule has 1 aromatic rings. The lowest BCUT2D eigenvalue weighted by molar-refractivity contribution is 0.0277. The first-order valence-electron chi connectivity index (χ1n) is 11.1. The first kappa shape index (κ1) is 25.2. The zero-order chi connectivity index (χ0) is 20.3. The van der Waals surface area contributed by atoms with Crippen molar-refractivity contribution in [3.63, 3.8) is 0 Å². The van der Waals surface area contributed by atoms with Gasteiger partial charge in [-0.05, 0) is 37.8 Å². The minimum Gasteiger partial charge on any atom is -0.488 e. The van der Waals surface area contributed by atoms with Crippen LogP contribution in [0, 0.1) is 6.92 Å². The van der Waals surface area contributed by atoms with Crippen LogP contribution in [0.25, 0.3) is 0 Å². The van der Waals surface area contributed by atoms with E-state index in [0.717, 1.165) is 49.9 Å². The van der Waals surface area contributed by atoms with Crippen molar-refractivity contribution < 1.29 is 14.2 Å². The molecule has 1 unspecified atom stereocenters. The number of benzene rings is 1. The summed E-state index contributed by atoms with van der Waals surface area (Å²) in [7, 11) is 1.80. The summed E-state index contributed by atoms with van der Waals surface area (Å²) in [5.41, 5.74) is 2.33. The lowest BCUT2D eigenvalue weighted by Crippen LogP contribution is -2.37. The number of nitrogens with one attached hydrogen (secondary N) is 2. The van der Waals surface area contributed by atoms with Crippen molar-refractivity contribution in [1.82, 2.24) is 10.6 Å². The normalized spacial score (nSPS) is 19.9. The maximum atomic E-state index is 6.18. The second kappa shape index (κ2) is 14.1. The fraction of sp³-hybridized carbons (Fsp3) is 0.696. The number of hydrogen-bond donors (Lipinski definition) is 2. The molecule has 1 saturated carbocycles. The average Bonchev–Trinajstić information content (AvgIpc) is 3.25. The number of hydrogen-bond acceptors (Lipinski definition) is 4. The third-order valence-electron chi connectivity index (χ3n) is 5.59. The molecule has 1 atom stereocenters. The molecule has 1 heterocycles. The Morgan fingerprint density at radius 3 is 2.70 bits per heavy atom. The molecular formula is C23H38IN3O3. The minimum absolute atomic E-state index is 0. The van der Waals surface area contributed by atoms with Gasteiger partial charge in [-0.1, -0.05) is 31.4 Å². The molecule has 0 bridgehead atoms. The molecule has 0 spiro atoms. The van der Waals surface area contributed by atoms with E-state index >= 15 is 0 Å². The van der Waals surface area contributed by atoms with Gasteiger partial charge < -0.3 is 24.8 Å². The van der Waals surface area contributed by atoms with Crippen LogP contribution in [0.15, 0.2) is 23.2 Å². The molecule has 30 heavy (non-hydrogen) atoms. The minimum atomic E-state index is 0. The van der Waals surface area contributed by atoms with Gasteiger partial charge in [0.25, 0.3) is 0 Å². The molecule has 6 nitrogen and oxygen atoms in total. The first-order valence-corrected chi connectivity index (χ1v) is 11.1. The van der Waals surface area contributed by atoms with Gasteiger partial charge in [-0.25, -0.2) is 0 Å². The Hall–Kier alpha value is -1.06. The summed E-state index contributed by atoms with van der Waals surface area (Å²) in [5.74, 6) is 1.74. The molecule has 3 rings (SSSR count). The number of aliphatic imine (C=N–C) groups is 1. The summed E-state index contributed by atoms with van der Waals surface area (Å²) in [6.45, 7) is 5.88. The fourth-order valence-corrected chi connectivity index (χ4v) is 3.86. The van der Waals surface area contributed by atoms with Crippen LogP contribution in [0.5, 0.6) is 5.75 Å². The van der Waals surface area contributed by atoms with Gasteiger partial charge in [-0.3, -0.25) is 4.99 Å². The topological polar surface area (TPSA) is 64.1 Å². The van der Waals surface area contributed by atoms with Gasteiger partial charge in [0.2, 0.25) is 0 Å². The summed E-state index contributed by atoms with van der Waals surface area (Å²) in [6.07, 6.45) is 9.02. The Morgan fingerprint density at radius 1 is 1.13 bits per heavy atom. The van der Waals surface area contributed by atoms with Gasteiger partial charge in [0.05, 0.1) is 19.3 Å². The van der Waals surface area contributed by atoms with Crippen molar-refractivity contribution in [2.45, 2.75) is 70.6 Å². The molecule has 7 heteroatoms. The Labute approximate surface area is 198 Å². The Kier molecular flexibility index (Phi) is 11.8. The summed E-state index contributed by atoms with van der Waals surface area (Å²) in [4.78, 5) is 4.33. The number of ether oxygens (including phenoxy) is 3. The molecule has 0 amide bonds. The van der Waals surface area contributed by atoms with E-state index in [2.05, 4.69) is 40.7 Å². The Morgan fingerprint density at radius 2 is 1.97 bits per heavy atom. The van der Waals surface area contributed by atoms with Crippen molar-refractivity contribution in [1.29, 1.82) is 0 Å². The van der Waals surface area contributed by atoms with Gasteiger partial charge in [-0.2, -0.15) is 0 Å². The van der Waals surface area contributed by atoms with Gasteiger partial charge >= 0.3 is 0 Å². The predicted molar refractivity (Wildman–Crippen MR) is 132 cm³/mol. The van der Waals surface area contributed by atoms with Crippen molar-refractivity contribution in [2.24, 2.45) is 4.99 Å². The van der Waals surface area contributed by atoms with E-state index < -0.39 is 0 Å². The Bertz CT molecular complexity index is 645. The van der Waals surface area contributed by atoms with E-state index in [0.29, 0.717) is 19.3 Å². The van der Waals surface area contributed by atoms with Crippen LogP contribution in [0.2, 0.25) is 0 Å². The molecule has 1 aromatic carbocycles. The number of guanidine groups is 1. The van der Waals surface area contributed by atoms with Crippen molar-refractivity contribution >= 4 is 29.9 Å². The third kappa shape index (κ3) is 8.59. The molecule has 0 radical (unpaired) electrons. The number of nitrogens with zero attached hydrogens (tertiary/aromatic N) is 1. The molecule has 2 aliphatic rings. The standard InChI is InChI=1S/C23H37N3O3.HI/c1-18-9-10-19(22(15-18)29-21-11-14-27-17-21)16-26-23(24-2)25-12-6-13-28-20-7-4-3-5-8-20;/h9-10,15,20-21H,3-8,11-14,16-17H2,1-2H3,(H2,24,25,26);1H. The Balaban J connectivity index is 0.00000320. The van der Waals surface area contributed by atoms with E-state index in [9.17, 15) is 0 Å². The second-order valence-corrected chi connectivity index (χ2v) is 8.05. The quantitative estimate of drug-likeness (QED) is 0.217. The van der Waals surface area contributed by atoms with Crippen molar-refractivity contribution in [3.05, 3.63) is 29.3 Å². The fourth-order valence-electron chi connectivity index (χ4n) is 3.86. The van der Waals surface area contributed by atoms with Crippen molar-refractivity contribution in [3.8, 4) is 5.75 Å². The van der Waals surface area contributed by atoms with Gasteiger partial charge in [0.15, 0.2) is 5.96 Å². The van der Waals surface area contributed by atoms with Crippen LogP contribution in [0.3, 0.4) is 0 Å². The molecule has 2 N–H and O–H groups in total. The molecule has 0 aromatic heterocycles. The van der Waals surface area contributed by atoms with Crippen LogP contribution in [0.4, 0.5) is 0 Å². The first-order chi connectivity index (χ1) is 14.2. The summed E-state index contributed by atoms with van der Waals surface area (Å²) in [6, 6.07) is 6.35. The lowest BCUT2D eigenvalue weighted by Gasteiger charge is -2.22. The maximum Gasteiger partial charge on any atom is 0.191 e. The van der Waals surface area contributed by atoms with Crippen LogP contribution < -0.4 is 15.4 Å². The van der Waals surface area contributed by atoms with Gasteiger partial charge in [-0.15, -0.1) is 24.0 Å². The molecule has 1 aliphatic heterocycles. The second-order valence-electron chi connectivity index (χ2n) is 8.05.